The van der Waals surface area contributed by atoms with Gasteiger partial charge in [-0.25, -0.2) is 4.79 Å². The molecular formula is C25H23N5O2. The van der Waals surface area contributed by atoms with Crippen LogP contribution in [0.2, 0.25) is 0 Å². The van der Waals surface area contributed by atoms with Crippen LogP contribution in [-0.2, 0) is 0 Å². The molecule has 4 aromatic rings. The summed E-state index contributed by atoms with van der Waals surface area (Å²) in [6.45, 7) is 1.28. The third-order valence-corrected chi connectivity index (χ3v) is 5.71. The molecule has 1 saturated heterocycles. The number of benzene rings is 2. The molecular weight excluding hydrogens is 402 g/mol. The Morgan fingerprint density at radius 2 is 1.62 bits per heavy atom. The first-order valence-electron chi connectivity index (χ1n) is 10.7. The minimum absolute atomic E-state index is 0.0874. The molecule has 0 radical (unpaired) electrons. The fraction of sp³-hybridized carbons (Fsp3) is 0.200. The van der Waals surface area contributed by atoms with E-state index in [1.54, 1.807) is 6.20 Å². The van der Waals surface area contributed by atoms with Gasteiger partial charge >= 0.3 is 6.03 Å². The number of rotatable bonds is 4. The third-order valence-electron chi connectivity index (χ3n) is 5.71. The number of urea groups is 1. The summed E-state index contributed by atoms with van der Waals surface area (Å²) in [4.78, 5) is 23.3. The molecule has 5 rings (SSSR count). The zero-order valence-corrected chi connectivity index (χ0v) is 17.5. The number of amides is 2. The summed E-state index contributed by atoms with van der Waals surface area (Å²) in [6, 6.07) is 23.6. The molecule has 0 unspecified atom stereocenters. The number of nitrogens with one attached hydrogen (secondary N) is 1. The molecule has 0 bridgehead atoms. The summed E-state index contributed by atoms with van der Waals surface area (Å²) >= 11 is 0. The number of likely N-dealkylation sites (tertiary alicyclic amines) is 1. The molecule has 0 spiro atoms. The van der Waals surface area contributed by atoms with Crippen molar-refractivity contribution in [2.75, 3.05) is 18.4 Å². The molecule has 1 aliphatic rings. The van der Waals surface area contributed by atoms with Gasteiger partial charge in [0.25, 0.3) is 0 Å². The second kappa shape index (κ2) is 9.01. The van der Waals surface area contributed by atoms with Crippen LogP contribution in [0.15, 0.2) is 83.5 Å². The van der Waals surface area contributed by atoms with Crippen molar-refractivity contribution in [2.24, 2.45) is 0 Å². The summed E-state index contributed by atoms with van der Waals surface area (Å²) in [5, 5.41) is 7.06. The van der Waals surface area contributed by atoms with E-state index >= 15 is 0 Å². The van der Waals surface area contributed by atoms with Crippen molar-refractivity contribution in [3.05, 3.63) is 84.9 Å². The highest BCUT2D eigenvalue weighted by molar-refractivity contribution is 5.89. The van der Waals surface area contributed by atoms with Crippen molar-refractivity contribution in [2.45, 2.75) is 18.8 Å². The van der Waals surface area contributed by atoms with Gasteiger partial charge in [-0.3, -0.25) is 4.98 Å². The molecule has 0 aliphatic carbocycles. The van der Waals surface area contributed by atoms with Crippen molar-refractivity contribution in [3.8, 4) is 22.6 Å². The first-order chi connectivity index (χ1) is 15.8. The molecule has 1 aliphatic heterocycles. The van der Waals surface area contributed by atoms with Crippen LogP contribution in [0, 0.1) is 0 Å². The van der Waals surface area contributed by atoms with Crippen molar-refractivity contribution in [1.29, 1.82) is 0 Å². The van der Waals surface area contributed by atoms with E-state index in [-0.39, 0.29) is 11.9 Å². The third kappa shape index (κ3) is 4.37. The number of carbonyl (C=O) groups is 1. The first kappa shape index (κ1) is 19.9. The normalized spacial score (nSPS) is 14.3. The first-order valence-corrected chi connectivity index (χ1v) is 10.7. The molecule has 160 valence electrons. The largest absolute Gasteiger partial charge is 0.339 e. The Bertz CT molecular complexity index is 1170. The predicted octanol–water partition coefficient (Wildman–Crippen LogP) is 5.21. The van der Waals surface area contributed by atoms with Gasteiger partial charge in [-0.2, -0.15) is 4.98 Å². The monoisotopic (exact) mass is 425 g/mol. The number of piperidine rings is 1. The summed E-state index contributed by atoms with van der Waals surface area (Å²) < 4.78 is 5.48. The predicted molar refractivity (Wildman–Crippen MR) is 122 cm³/mol. The van der Waals surface area contributed by atoms with Gasteiger partial charge in [0.15, 0.2) is 0 Å². The molecule has 1 N–H and O–H groups in total. The fourth-order valence-electron chi connectivity index (χ4n) is 3.91. The maximum Gasteiger partial charge on any atom is 0.321 e. The van der Waals surface area contributed by atoms with E-state index in [0.717, 1.165) is 29.7 Å². The summed E-state index contributed by atoms with van der Waals surface area (Å²) in [5.41, 5.74) is 3.75. The lowest BCUT2D eigenvalue weighted by atomic mass is 9.97. The van der Waals surface area contributed by atoms with Gasteiger partial charge in [0, 0.05) is 30.9 Å². The topological polar surface area (TPSA) is 84.2 Å². The highest BCUT2D eigenvalue weighted by Crippen LogP contribution is 2.28. The Morgan fingerprint density at radius 1 is 0.906 bits per heavy atom. The highest BCUT2D eigenvalue weighted by Gasteiger charge is 2.28. The van der Waals surface area contributed by atoms with Crippen LogP contribution in [0.25, 0.3) is 22.6 Å². The molecule has 2 amide bonds. The van der Waals surface area contributed by atoms with Gasteiger partial charge in [-0.15, -0.1) is 0 Å². The van der Waals surface area contributed by atoms with Crippen molar-refractivity contribution < 1.29 is 9.32 Å². The van der Waals surface area contributed by atoms with E-state index in [4.69, 9.17) is 4.52 Å². The molecule has 1 fully saturated rings. The van der Waals surface area contributed by atoms with Gasteiger partial charge in [0.05, 0.1) is 0 Å². The molecule has 7 nitrogen and oxygen atoms in total. The summed E-state index contributed by atoms with van der Waals surface area (Å²) in [7, 11) is 0. The second-order valence-corrected chi connectivity index (χ2v) is 7.81. The number of pyridine rings is 1. The minimum Gasteiger partial charge on any atom is -0.339 e. The van der Waals surface area contributed by atoms with Crippen LogP contribution in [0.3, 0.4) is 0 Å². The van der Waals surface area contributed by atoms with Crippen LogP contribution in [0.5, 0.6) is 0 Å². The van der Waals surface area contributed by atoms with E-state index in [1.807, 2.05) is 65.6 Å². The van der Waals surface area contributed by atoms with Gasteiger partial charge in [-0.1, -0.05) is 53.7 Å². The van der Waals surface area contributed by atoms with Crippen molar-refractivity contribution in [1.82, 2.24) is 20.0 Å². The number of hydrogen-bond donors (Lipinski definition) is 1. The lowest BCUT2D eigenvalue weighted by molar-refractivity contribution is 0.187. The van der Waals surface area contributed by atoms with Crippen LogP contribution >= 0.6 is 0 Å². The number of hydrogen-bond acceptors (Lipinski definition) is 5. The fourth-order valence-corrected chi connectivity index (χ4v) is 3.91. The summed E-state index contributed by atoms with van der Waals surface area (Å²) in [6.07, 6.45) is 3.27. The number of carbonyl (C=O) groups excluding carboxylic acids is 1. The van der Waals surface area contributed by atoms with E-state index in [0.29, 0.717) is 30.5 Å². The van der Waals surface area contributed by atoms with Gasteiger partial charge < -0.3 is 14.7 Å². The SMILES string of the molecule is O=C(Nc1ccc(-c2ccccc2)cc1)N1CCC(c2nc(-c3ccccn3)no2)CC1. The Labute approximate surface area is 186 Å². The molecule has 2 aromatic heterocycles. The molecule has 0 atom stereocenters. The van der Waals surface area contributed by atoms with Crippen molar-refractivity contribution in [3.63, 3.8) is 0 Å². The molecule has 3 heterocycles. The second-order valence-electron chi connectivity index (χ2n) is 7.81. The van der Waals surface area contributed by atoms with E-state index < -0.39 is 0 Å². The van der Waals surface area contributed by atoms with Gasteiger partial charge in [0.2, 0.25) is 11.7 Å². The Balaban J connectivity index is 1.16. The van der Waals surface area contributed by atoms with E-state index in [2.05, 4.69) is 32.6 Å². The van der Waals surface area contributed by atoms with E-state index in [9.17, 15) is 4.79 Å². The Kier molecular flexibility index (Phi) is 5.61. The smallest absolute Gasteiger partial charge is 0.321 e. The van der Waals surface area contributed by atoms with Gasteiger partial charge in [0.1, 0.15) is 5.69 Å². The zero-order chi connectivity index (χ0) is 21.8. The number of anilines is 1. The maximum absolute atomic E-state index is 12.7. The average molecular weight is 425 g/mol. The maximum atomic E-state index is 12.7. The zero-order valence-electron chi connectivity index (χ0n) is 17.5. The van der Waals surface area contributed by atoms with Gasteiger partial charge in [-0.05, 0) is 48.2 Å². The lowest BCUT2D eigenvalue weighted by Crippen LogP contribution is -2.40. The number of aromatic nitrogens is 3. The number of nitrogens with zero attached hydrogens (tertiary/aromatic N) is 4. The minimum atomic E-state index is -0.0874. The highest BCUT2D eigenvalue weighted by atomic mass is 16.5. The standard InChI is InChI=1S/C25H23N5O2/c31-25(27-21-11-9-19(10-12-21)18-6-2-1-3-7-18)30-16-13-20(14-17-30)24-28-23(29-32-24)22-8-4-5-15-26-22/h1-12,15,20H,13-14,16-17H2,(H,27,31). The molecule has 0 saturated carbocycles. The average Bonchev–Trinajstić information content (AvgIpc) is 3.36. The van der Waals surface area contributed by atoms with Crippen LogP contribution in [0.1, 0.15) is 24.7 Å². The van der Waals surface area contributed by atoms with Crippen LogP contribution in [-0.4, -0.2) is 39.1 Å². The quantitative estimate of drug-likeness (QED) is 0.485. The van der Waals surface area contributed by atoms with Crippen LogP contribution in [0.4, 0.5) is 10.5 Å². The molecule has 2 aromatic carbocycles. The molecule has 7 heteroatoms. The lowest BCUT2D eigenvalue weighted by Gasteiger charge is -2.30. The van der Waals surface area contributed by atoms with E-state index in [1.165, 1.54) is 0 Å². The summed E-state index contributed by atoms with van der Waals surface area (Å²) in [5.74, 6) is 1.26. The molecule has 32 heavy (non-hydrogen) atoms. The Morgan fingerprint density at radius 3 is 2.34 bits per heavy atom. The Hall–Kier alpha value is -4.00. The van der Waals surface area contributed by atoms with Crippen molar-refractivity contribution >= 4 is 11.7 Å². The van der Waals surface area contributed by atoms with Crippen LogP contribution < -0.4 is 5.32 Å².